The lowest BCUT2D eigenvalue weighted by Crippen LogP contribution is -2.06. The molecule has 2 aromatic rings. The van der Waals surface area contributed by atoms with Crippen molar-refractivity contribution in [2.75, 3.05) is 18.5 Å². The number of anilines is 1. The van der Waals surface area contributed by atoms with Gasteiger partial charge in [0.25, 0.3) is 0 Å². The smallest absolute Gasteiger partial charge is 0.215 e. The van der Waals surface area contributed by atoms with Gasteiger partial charge < -0.3 is 10.1 Å². The minimum absolute atomic E-state index is 0.389. The fraction of sp³-hybridized carbons (Fsp3) is 0.545. The van der Waals surface area contributed by atoms with Crippen LogP contribution in [0.15, 0.2) is 16.2 Å². The highest BCUT2D eigenvalue weighted by Gasteiger charge is 2.10. The van der Waals surface area contributed by atoms with Crippen molar-refractivity contribution in [3.8, 4) is 0 Å². The average molecular weight is 295 g/mol. The fourth-order valence-electron chi connectivity index (χ4n) is 1.46. The molecule has 0 aliphatic rings. The number of hydrogen-bond donors (Lipinski definition) is 1. The maximum absolute atomic E-state index is 5.36. The second-order valence-corrected chi connectivity index (χ2v) is 4.85. The van der Waals surface area contributed by atoms with Gasteiger partial charge in [-0.15, -0.1) is 5.10 Å². The van der Waals surface area contributed by atoms with Crippen molar-refractivity contribution in [3.05, 3.63) is 11.9 Å². The molecule has 0 atom stereocenters. The van der Waals surface area contributed by atoms with Gasteiger partial charge in [0.2, 0.25) is 5.16 Å². The highest BCUT2D eigenvalue weighted by atomic mass is 32.2. The molecule has 0 aromatic carbocycles. The molecule has 8 nitrogen and oxygen atoms in total. The fourth-order valence-corrected chi connectivity index (χ4v) is 2.21. The maximum atomic E-state index is 5.36. The lowest BCUT2D eigenvalue weighted by molar-refractivity contribution is 0.128. The molecule has 0 amide bonds. The number of aromatic nitrogens is 6. The molecule has 0 saturated heterocycles. The number of nitrogens with zero attached hydrogens (tertiary/aromatic N) is 6. The van der Waals surface area contributed by atoms with Crippen LogP contribution in [0.25, 0.3) is 0 Å². The van der Waals surface area contributed by atoms with Crippen LogP contribution in [-0.4, -0.2) is 43.3 Å². The van der Waals surface area contributed by atoms with Crippen LogP contribution in [0.1, 0.15) is 19.7 Å². The second kappa shape index (κ2) is 7.15. The summed E-state index contributed by atoms with van der Waals surface area (Å²) in [6.45, 7) is 5.77. The molecule has 9 heteroatoms. The minimum atomic E-state index is 0.389. The van der Waals surface area contributed by atoms with Gasteiger partial charge in [-0.3, -0.25) is 0 Å². The zero-order valence-corrected chi connectivity index (χ0v) is 12.5. The molecule has 108 valence electrons. The van der Waals surface area contributed by atoms with E-state index in [1.165, 1.54) is 11.8 Å². The van der Waals surface area contributed by atoms with Gasteiger partial charge in [-0.2, -0.15) is 0 Å². The molecule has 0 aliphatic carbocycles. The summed E-state index contributed by atoms with van der Waals surface area (Å²) < 4.78 is 6.96. The van der Waals surface area contributed by atoms with E-state index in [0.717, 1.165) is 17.4 Å². The molecular formula is C11H17N7OS. The molecule has 0 aliphatic heterocycles. The summed E-state index contributed by atoms with van der Waals surface area (Å²) in [6, 6.07) is 1.87. The molecule has 2 rings (SSSR count). The summed E-state index contributed by atoms with van der Waals surface area (Å²) >= 11 is 1.39. The third-order valence-corrected chi connectivity index (χ3v) is 3.27. The monoisotopic (exact) mass is 295 g/mol. The number of ether oxygens (including phenoxy) is 1. The number of tetrazole rings is 1. The molecule has 2 heterocycles. The molecule has 1 N–H and O–H groups in total. The topological polar surface area (TPSA) is 90.6 Å². The molecule has 0 unspecified atom stereocenters. The second-order valence-electron chi connectivity index (χ2n) is 3.86. The van der Waals surface area contributed by atoms with Gasteiger partial charge in [0.15, 0.2) is 5.82 Å². The Morgan fingerprint density at radius 1 is 1.35 bits per heavy atom. The van der Waals surface area contributed by atoms with Gasteiger partial charge in [-0.25, -0.2) is 14.6 Å². The first-order chi connectivity index (χ1) is 9.72. The number of hydrogen-bond acceptors (Lipinski definition) is 8. The standard InChI is InChI=1S/C11H17N7OS/c1-4-12-8-6-10(14-9(13-8)7-19-5-2)20-11-15-16-17-18(11)3/h6H,4-5,7H2,1-3H3,(H,12,13,14). The third-order valence-electron chi connectivity index (χ3n) is 2.32. The Morgan fingerprint density at radius 3 is 2.85 bits per heavy atom. The zero-order valence-electron chi connectivity index (χ0n) is 11.7. The first-order valence-electron chi connectivity index (χ1n) is 6.32. The van der Waals surface area contributed by atoms with Crippen molar-refractivity contribution in [1.29, 1.82) is 0 Å². The number of rotatable bonds is 7. The Hall–Kier alpha value is -1.74. The van der Waals surface area contributed by atoms with Gasteiger partial charge in [-0.1, -0.05) is 0 Å². The quantitative estimate of drug-likeness (QED) is 0.760. The van der Waals surface area contributed by atoms with Crippen LogP contribution in [0.2, 0.25) is 0 Å². The van der Waals surface area contributed by atoms with E-state index in [4.69, 9.17) is 4.74 Å². The van der Waals surface area contributed by atoms with Crippen molar-refractivity contribution in [3.63, 3.8) is 0 Å². The molecule has 0 saturated carbocycles. The summed E-state index contributed by atoms with van der Waals surface area (Å²) in [7, 11) is 1.79. The maximum Gasteiger partial charge on any atom is 0.215 e. The van der Waals surface area contributed by atoms with E-state index in [9.17, 15) is 0 Å². The molecule has 0 bridgehead atoms. The van der Waals surface area contributed by atoms with Crippen LogP contribution >= 0.6 is 11.8 Å². The molecule has 20 heavy (non-hydrogen) atoms. The van der Waals surface area contributed by atoms with Gasteiger partial charge in [0.1, 0.15) is 17.5 Å². The molecule has 2 aromatic heterocycles. The molecule has 0 spiro atoms. The van der Waals surface area contributed by atoms with Crippen LogP contribution in [0.5, 0.6) is 0 Å². The Bertz CT molecular complexity index is 559. The summed E-state index contributed by atoms with van der Waals surface area (Å²) in [6.07, 6.45) is 0. The van der Waals surface area contributed by atoms with Crippen LogP contribution in [0.3, 0.4) is 0 Å². The Kier molecular flexibility index (Phi) is 5.24. The lowest BCUT2D eigenvalue weighted by atomic mass is 10.5. The van der Waals surface area contributed by atoms with Crippen LogP contribution in [-0.2, 0) is 18.4 Å². The highest BCUT2D eigenvalue weighted by Crippen LogP contribution is 2.24. The van der Waals surface area contributed by atoms with Gasteiger partial charge in [-0.05, 0) is 36.0 Å². The van der Waals surface area contributed by atoms with E-state index >= 15 is 0 Å². The largest absolute Gasteiger partial charge is 0.374 e. The lowest BCUT2D eigenvalue weighted by Gasteiger charge is -2.08. The summed E-state index contributed by atoms with van der Waals surface area (Å²) in [5, 5.41) is 16.0. The van der Waals surface area contributed by atoms with Crippen molar-refractivity contribution in [2.24, 2.45) is 7.05 Å². The van der Waals surface area contributed by atoms with E-state index in [2.05, 4.69) is 30.8 Å². The zero-order chi connectivity index (χ0) is 14.4. The van der Waals surface area contributed by atoms with E-state index < -0.39 is 0 Å². The Labute approximate surface area is 121 Å². The highest BCUT2D eigenvalue weighted by molar-refractivity contribution is 7.99. The van der Waals surface area contributed by atoms with Crippen LogP contribution in [0, 0.1) is 0 Å². The van der Waals surface area contributed by atoms with Crippen LogP contribution in [0.4, 0.5) is 5.82 Å². The average Bonchev–Trinajstić information content (AvgIpc) is 2.82. The van der Waals surface area contributed by atoms with E-state index in [1.54, 1.807) is 11.7 Å². The van der Waals surface area contributed by atoms with E-state index in [1.807, 2.05) is 19.9 Å². The summed E-state index contributed by atoms with van der Waals surface area (Å²) in [5.41, 5.74) is 0. The van der Waals surface area contributed by atoms with Gasteiger partial charge >= 0.3 is 0 Å². The van der Waals surface area contributed by atoms with Crippen LogP contribution < -0.4 is 5.32 Å². The SMILES string of the molecule is CCNc1cc(Sc2nnnn2C)nc(COCC)n1. The molecule has 0 fully saturated rings. The first kappa shape index (κ1) is 14.7. The predicted molar refractivity (Wildman–Crippen MR) is 74.4 cm³/mol. The Morgan fingerprint density at radius 2 is 2.20 bits per heavy atom. The van der Waals surface area contributed by atoms with E-state index in [-0.39, 0.29) is 0 Å². The van der Waals surface area contributed by atoms with Crippen molar-refractivity contribution in [2.45, 2.75) is 30.6 Å². The van der Waals surface area contributed by atoms with E-state index in [0.29, 0.717) is 24.2 Å². The normalized spacial score (nSPS) is 10.8. The van der Waals surface area contributed by atoms with Crippen molar-refractivity contribution < 1.29 is 4.74 Å². The van der Waals surface area contributed by atoms with Gasteiger partial charge in [0, 0.05) is 26.3 Å². The summed E-state index contributed by atoms with van der Waals surface area (Å²) in [4.78, 5) is 8.84. The number of aryl methyl sites for hydroxylation is 1. The van der Waals surface area contributed by atoms with Crippen molar-refractivity contribution in [1.82, 2.24) is 30.2 Å². The first-order valence-corrected chi connectivity index (χ1v) is 7.14. The molecular weight excluding hydrogens is 278 g/mol. The minimum Gasteiger partial charge on any atom is -0.374 e. The van der Waals surface area contributed by atoms with Gasteiger partial charge in [0.05, 0.1) is 0 Å². The Balaban J connectivity index is 2.21. The molecule has 0 radical (unpaired) electrons. The van der Waals surface area contributed by atoms with Crippen molar-refractivity contribution >= 4 is 17.6 Å². The predicted octanol–water partition coefficient (Wildman–Crippen LogP) is 1.12. The summed E-state index contributed by atoms with van der Waals surface area (Å²) in [5.74, 6) is 1.41. The third kappa shape index (κ3) is 3.87. The number of nitrogens with one attached hydrogen (secondary N) is 1.